The van der Waals surface area contributed by atoms with Crippen LogP contribution in [0.3, 0.4) is 0 Å². The van der Waals surface area contributed by atoms with Crippen LogP contribution < -0.4 is 5.32 Å². The van der Waals surface area contributed by atoms with Crippen LogP contribution in [0, 0.1) is 0 Å². The largest absolute Gasteiger partial charge is 0.345 e. The molecule has 0 aromatic heterocycles. The van der Waals surface area contributed by atoms with Crippen molar-refractivity contribution in [3.63, 3.8) is 0 Å². The standard InChI is InChI=1S/C17H21N3O3S/c21-15(6-9-24-12-13-4-2-1-3-5-13)19-7-8-20-14(11-19)17(23)18-10-16(20)22/h1-5,14H,6-12H2,(H,18,23)/t14-/m1/s1. The van der Waals surface area contributed by atoms with Gasteiger partial charge in [-0.15, -0.1) is 0 Å². The lowest BCUT2D eigenvalue weighted by Gasteiger charge is -2.42. The molecule has 1 N–H and O–H groups in total. The number of rotatable bonds is 5. The second kappa shape index (κ2) is 7.70. The molecule has 0 aliphatic carbocycles. The normalized spacial score (nSPS) is 20.6. The van der Waals surface area contributed by atoms with Gasteiger partial charge in [-0.3, -0.25) is 14.4 Å². The zero-order valence-corrected chi connectivity index (χ0v) is 14.3. The minimum absolute atomic E-state index is 0.0565. The van der Waals surface area contributed by atoms with Gasteiger partial charge in [-0.05, 0) is 5.56 Å². The number of thioether (sulfide) groups is 1. The minimum Gasteiger partial charge on any atom is -0.345 e. The van der Waals surface area contributed by atoms with Crippen LogP contribution in [0.4, 0.5) is 0 Å². The number of nitrogens with one attached hydrogen (secondary N) is 1. The van der Waals surface area contributed by atoms with Crippen molar-refractivity contribution in [1.29, 1.82) is 0 Å². The summed E-state index contributed by atoms with van der Waals surface area (Å²) in [5.74, 6) is 1.47. The molecule has 7 heteroatoms. The fourth-order valence-electron chi connectivity index (χ4n) is 3.00. The average Bonchev–Trinajstić information content (AvgIpc) is 2.62. The average molecular weight is 347 g/mol. The van der Waals surface area contributed by atoms with E-state index in [1.165, 1.54) is 5.56 Å². The predicted octanol–water partition coefficient (Wildman–Crippen LogP) is 0.479. The molecule has 2 saturated heterocycles. The topological polar surface area (TPSA) is 69.7 Å². The van der Waals surface area contributed by atoms with Gasteiger partial charge in [-0.1, -0.05) is 30.3 Å². The molecule has 2 aliphatic heterocycles. The summed E-state index contributed by atoms with van der Waals surface area (Å²) < 4.78 is 0. The molecular weight excluding hydrogens is 326 g/mol. The lowest BCUT2D eigenvalue weighted by molar-refractivity contribution is -0.152. The van der Waals surface area contributed by atoms with Gasteiger partial charge in [-0.25, -0.2) is 0 Å². The first-order valence-electron chi connectivity index (χ1n) is 8.12. The Bertz CT molecular complexity index is 623. The molecule has 3 amide bonds. The van der Waals surface area contributed by atoms with E-state index >= 15 is 0 Å². The first-order valence-corrected chi connectivity index (χ1v) is 9.27. The van der Waals surface area contributed by atoms with Gasteiger partial charge in [0, 0.05) is 31.0 Å². The first kappa shape index (κ1) is 16.8. The zero-order valence-electron chi connectivity index (χ0n) is 13.4. The van der Waals surface area contributed by atoms with E-state index < -0.39 is 6.04 Å². The number of benzene rings is 1. The fourth-order valence-corrected chi connectivity index (χ4v) is 3.89. The number of piperazine rings is 2. The Morgan fingerprint density at radius 3 is 2.79 bits per heavy atom. The quantitative estimate of drug-likeness (QED) is 0.787. The molecule has 24 heavy (non-hydrogen) atoms. The van der Waals surface area contributed by atoms with Crippen molar-refractivity contribution in [2.24, 2.45) is 0 Å². The molecular formula is C17H21N3O3S. The van der Waals surface area contributed by atoms with Crippen molar-refractivity contribution in [2.45, 2.75) is 18.2 Å². The number of carbonyl (C=O) groups excluding carboxylic acids is 3. The van der Waals surface area contributed by atoms with E-state index in [9.17, 15) is 14.4 Å². The fraction of sp³-hybridized carbons (Fsp3) is 0.471. The van der Waals surface area contributed by atoms with Gasteiger partial charge in [0.15, 0.2) is 0 Å². The number of nitrogens with zero attached hydrogens (tertiary/aromatic N) is 2. The van der Waals surface area contributed by atoms with Crippen LogP contribution in [0.25, 0.3) is 0 Å². The van der Waals surface area contributed by atoms with Crippen LogP contribution in [0.5, 0.6) is 0 Å². The summed E-state index contributed by atoms with van der Waals surface area (Å²) in [5, 5.41) is 2.59. The summed E-state index contributed by atoms with van der Waals surface area (Å²) in [4.78, 5) is 39.4. The van der Waals surface area contributed by atoms with E-state index in [0.29, 0.717) is 26.1 Å². The van der Waals surface area contributed by atoms with Crippen molar-refractivity contribution in [3.05, 3.63) is 35.9 Å². The summed E-state index contributed by atoms with van der Waals surface area (Å²) in [6, 6.07) is 9.64. The van der Waals surface area contributed by atoms with Gasteiger partial charge in [0.05, 0.1) is 13.1 Å². The third kappa shape index (κ3) is 3.90. The summed E-state index contributed by atoms with van der Waals surface area (Å²) in [6.07, 6.45) is 0.458. The van der Waals surface area contributed by atoms with Crippen LogP contribution in [0.15, 0.2) is 30.3 Å². The van der Waals surface area contributed by atoms with E-state index in [2.05, 4.69) is 17.4 Å². The summed E-state index contributed by atoms with van der Waals surface area (Å²) in [6.45, 7) is 1.33. The van der Waals surface area contributed by atoms with E-state index in [-0.39, 0.29) is 24.3 Å². The third-order valence-corrected chi connectivity index (χ3v) is 5.37. The summed E-state index contributed by atoms with van der Waals surface area (Å²) in [7, 11) is 0. The second-order valence-electron chi connectivity index (χ2n) is 5.95. The van der Waals surface area contributed by atoms with E-state index in [0.717, 1.165) is 11.5 Å². The number of hydrogen-bond donors (Lipinski definition) is 1. The highest BCUT2D eigenvalue weighted by Gasteiger charge is 2.39. The molecule has 1 atom stereocenters. The van der Waals surface area contributed by atoms with Crippen molar-refractivity contribution in [3.8, 4) is 0 Å². The van der Waals surface area contributed by atoms with Crippen molar-refractivity contribution in [2.75, 3.05) is 31.9 Å². The Morgan fingerprint density at radius 1 is 1.21 bits per heavy atom. The molecule has 3 rings (SSSR count). The molecule has 128 valence electrons. The molecule has 0 saturated carbocycles. The van der Waals surface area contributed by atoms with Crippen LogP contribution in [0.2, 0.25) is 0 Å². The maximum absolute atomic E-state index is 12.3. The monoisotopic (exact) mass is 347 g/mol. The summed E-state index contributed by atoms with van der Waals surface area (Å²) in [5.41, 5.74) is 1.25. The Hall–Kier alpha value is -2.02. The van der Waals surface area contributed by atoms with Crippen molar-refractivity contribution >= 4 is 29.5 Å². The van der Waals surface area contributed by atoms with Crippen molar-refractivity contribution < 1.29 is 14.4 Å². The minimum atomic E-state index is -0.527. The lowest BCUT2D eigenvalue weighted by atomic mass is 10.1. The van der Waals surface area contributed by atoms with Crippen LogP contribution in [0.1, 0.15) is 12.0 Å². The number of fused-ring (bicyclic) bond motifs is 1. The lowest BCUT2D eigenvalue weighted by Crippen LogP contribution is -2.66. The third-order valence-electron chi connectivity index (χ3n) is 4.34. The number of amides is 3. The molecule has 1 aromatic rings. The zero-order chi connectivity index (χ0) is 16.9. The van der Waals surface area contributed by atoms with Gasteiger partial charge in [0.1, 0.15) is 6.04 Å². The van der Waals surface area contributed by atoms with E-state index in [1.807, 2.05) is 18.2 Å². The number of carbonyl (C=O) groups is 3. The van der Waals surface area contributed by atoms with Crippen LogP contribution in [-0.2, 0) is 20.1 Å². The molecule has 0 unspecified atom stereocenters. The van der Waals surface area contributed by atoms with Crippen LogP contribution >= 0.6 is 11.8 Å². The second-order valence-corrected chi connectivity index (χ2v) is 7.05. The Morgan fingerprint density at radius 2 is 2.00 bits per heavy atom. The highest BCUT2D eigenvalue weighted by atomic mass is 32.2. The summed E-state index contributed by atoms with van der Waals surface area (Å²) >= 11 is 1.73. The molecule has 2 fully saturated rings. The molecule has 0 spiro atoms. The van der Waals surface area contributed by atoms with E-state index in [1.54, 1.807) is 21.6 Å². The maximum atomic E-state index is 12.3. The number of hydrogen-bond acceptors (Lipinski definition) is 4. The molecule has 2 aliphatic rings. The van der Waals surface area contributed by atoms with Crippen LogP contribution in [-0.4, -0.2) is 65.5 Å². The Labute approximate surface area is 145 Å². The van der Waals surface area contributed by atoms with E-state index in [4.69, 9.17) is 0 Å². The molecule has 0 radical (unpaired) electrons. The maximum Gasteiger partial charge on any atom is 0.245 e. The molecule has 2 heterocycles. The SMILES string of the molecule is O=C1NCC(=O)N2CCN(C(=O)CCSCc3ccccc3)C[C@H]12. The highest BCUT2D eigenvalue weighted by molar-refractivity contribution is 7.98. The highest BCUT2D eigenvalue weighted by Crippen LogP contribution is 2.17. The van der Waals surface area contributed by atoms with Gasteiger partial charge >= 0.3 is 0 Å². The van der Waals surface area contributed by atoms with Gasteiger partial charge in [0.25, 0.3) is 0 Å². The molecule has 0 bridgehead atoms. The first-order chi connectivity index (χ1) is 11.6. The van der Waals surface area contributed by atoms with Gasteiger partial charge < -0.3 is 15.1 Å². The predicted molar refractivity (Wildman–Crippen MR) is 92.3 cm³/mol. The Balaban J connectivity index is 1.44. The van der Waals surface area contributed by atoms with Crippen molar-refractivity contribution in [1.82, 2.24) is 15.1 Å². The molecule has 1 aromatic carbocycles. The van der Waals surface area contributed by atoms with Gasteiger partial charge in [-0.2, -0.15) is 11.8 Å². The smallest absolute Gasteiger partial charge is 0.245 e. The Kier molecular flexibility index (Phi) is 5.40. The molecule has 6 nitrogen and oxygen atoms in total. The van der Waals surface area contributed by atoms with Gasteiger partial charge in [0.2, 0.25) is 17.7 Å².